The van der Waals surface area contributed by atoms with Gasteiger partial charge in [0.15, 0.2) is 5.82 Å². The molecule has 0 fully saturated rings. The Labute approximate surface area is 111 Å². The van der Waals surface area contributed by atoms with Crippen LogP contribution in [-0.2, 0) is 0 Å². The van der Waals surface area contributed by atoms with Gasteiger partial charge in [-0.05, 0) is 12.0 Å². The molecule has 100 valence electrons. The molecule has 2 unspecified atom stereocenters. The molecule has 0 aliphatic carbocycles. The molecule has 0 saturated heterocycles. The highest BCUT2D eigenvalue weighted by Gasteiger charge is 2.31. The highest BCUT2D eigenvalue weighted by molar-refractivity contribution is 5.42. The van der Waals surface area contributed by atoms with E-state index in [0.29, 0.717) is 18.3 Å². The number of hydrogen-bond donors (Lipinski definition) is 1. The predicted octanol–water partition coefficient (Wildman–Crippen LogP) is 2.25. The van der Waals surface area contributed by atoms with Crippen LogP contribution in [0.5, 0.6) is 5.75 Å². The van der Waals surface area contributed by atoms with Crippen molar-refractivity contribution in [1.29, 1.82) is 0 Å². The molecule has 3 rings (SSSR count). The third-order valence-electron chi connectivity index (χ3n) is 3.47. The Hall–Kier alpha value is -1.88. The van der Waals surface area contributed by atoms with Crippen LogP contribution in [0, 0.1) is 5.92 Å². The number of nitrogens with zero attached hydrogens (tertiary/aromatic N) is 2. The van der Waals surface area contributed by atoms with E-state index >= 15 is 0 Å². The van der Waals surface area contributed by atoms with Gasteiger partial charge in [0.2, 0.25) is 5.89 Å². The fraction of sp³-hybridized carbons (Fsp3) is 0.429. The van der Waals surface area contributed by atoms with Gasteiger partial charge in [-0.3, -0.25) is 0 Å². The van der Waals surface area contributed by atoms with E-state index in [9.17, 15) is 0 Å². The molecule has 2 N–H and O–H groups in total. The third-order valence-corrected chi connectivity index (χ3v) is 3.47. The zero-order valence-corrected chi connectivity index (χ0v) is 11.0. The quantitative estimate of drug-likeness (QED) is 0.915. The lowest BCUT2D eigenvalue weighted by molar-refractivity contribution is 0.303. The number of benzene rings is 1. The number of hydrogen-bond acceptors (Lipinski definition) is 5. The van der Waals surface area contributed by atoms with Gasteiger partial charge < -0.3 is 15.0 Å². The summed E-state index contributed by atoms with van der Waals surface area (Å²) in [5, 5.41) is 3.99. The first-order chi connectivity index (χ1) is 9.16. The van der Waals surface area contributed by atoms with E-state index in [1.165, 1.54) is 0 Å². The second-order valence-corrected chi connectivity index (χ2v) is 5.16. The lowest BCUT2D eigenvalue weighted by Gasteiger charge is -2.09. The summed E-state index contributed by atoms with van der Waals surface area (Å²) < 4.78 is 11.0. The van der Waals surface area contributed by atoms with Gasteiger partial charge in [-0.1, -0.05) is 37.2 Å². The van der Waals surface area contributed by atoms with Crippen molar-refractivity contribution in [3.63, 3.8) is 0 Å². The summed E-state index contributed by atoms with van der Waals surface area (Å²) >= 11 is 0. The molecule has 1 aliphatic heterocycles. The third kappa shape index (κ3) is 2.10. The molecule has 0 spiro atoms. The lowest BCUT2D eigenvalue weighted by atomic mass is 10.0. The highest BCUT2D eigenvalue weighted by atomic mass is 16.5. The largest absolute Gasteiger partial charge is 0.492 e. The number of para-hydroxylation sites is 1. The molecule has 1 aliphatic rings. The van der Waals surface area contributed by atoms with Gasteiger partial charge in [-0.25, -0.2) is 0 Å². The molecule has 2 aromatic rings. The van der Waals surface area contributed by atoms with E-state index < -0.39 is 0 Å². The SMILES string of the molecule is CC(C)C(N)c1noc(C2COc3ccccc32)n1. The average Bonchev–Trinajstić information content (AvgIpc) is 3.03. The maximum Gasteiger partial charge on any atom is 0.237 e. The van der Waals surface area contributed by atoms with Gasteiger partial charge in [-0.15, -0.1) is 0 Å². The molecule has 19 heavy (non-hydrogen) atoms. The maximum absolute atomic E-state index is 6.03. The van der Waals surface area contributed by atoms with Gasteiger partial charge in [0.25, 0.3) is 0 Å². The van der Waals surface area contributed by atoms with E-state index in [-0.39, 0.29) is 17.9 Å². The zero-order valence-electron chi connectivity index (χ0n) is 11.0. The van der Waals surface area contributed by atoms with E-state index in [1.807, 2.05) is 38.1 Å². The first-order valence-electron chi connectivity index (χ1n) is 6.47. The van der Waals surface area contributed by atoms with Crippen LogP contribution >= 0.6 is 0 Å². The Morgan fingerprint density at radius 1 is 1.32 bits per heavy atom. The van der Waals surface area contributed by atoms with Gasteiger partial charge in [0, 0.05) is 5.56 Å². The molecule has 5 nitrogen and oxygen atoms in total. The van der Waals surface area contributed by atoms with Crippen molar-refractivity contribution in [3.05, 3.63) is 41.5 Å². The van der Waals surface area contributed by atoms with Crippen LogP contribution in [0.1, 0.15) is 43.1 Å². The van der Waals surface area contributed by atoms with Gasteiger partial charge in [0.05, 0.1) is 6.04 Å². The first kappa shape index (κ1) is 12.2. The highest BCUT2D eigenvalue weighted by Crippen LogP contribution is 2.37. The molecule has 0 bridgehead atoms. The number of fused-ring (bicyclic) bond motifs is 1. The first-order valence-corrected chi connectivity index (χ1v) is 6.47. The number of ether oxygens (including phenoxy) is 1. The monoisotopic (exact) mass is 259 g/mol. The summed E-state index contributed by atoms with van der Waals surface area (Å²) in [6.45, 7) is 4.61. The molecule has 2 atom stereocenters. The van der Waals surface area contributed by atoms with Gasteiger partial charge >= 0.3 is 0 Å². The fourth-order valence-corrected chi connectivity index (χ4v) is 2.19. The van der Waals surface area contributed by atoms with E-state index in [2.05, 4.69) is 10.1 Å². The molecular weight excluding hydrogens is 242 g/mol. The lowest BCUT2D eigenvalue weighted by Crippen LogP contribution is -2.18. The molecule has 1 aromatic heterocycles. The molecule has 5 heteroatoms. The summed E-state index contributed by atoms with van der Waals surface area (Å²) in [6.07, 6.45) is 0. The van der Waals surface area contributed by atoms with Crippen molar-refractivity contribution < 1.29 is 9.26 Å². The molecule has 0 radical (unpaired) electrons. The summed E-state index contributed by atoms with van der Waals surface area (Å²) in [7, 11) is 0. The maximum atomic E-state index is 6.03. The Morgan fingerprint density at radius 2 is 2.11 bits per heavy atom. The van der Waals surface area contributed by atoms with Crippen LogP contribution in [0.3, 0.4) is 0 Å². The zero-order chi connectivity index (χ0) is 13.4. The smallest absolute Gasteiger partial charge is 0.237 e. The Kier molecular flexibility index (Phi) is 2.98. The van der Waals surface area contributed by atoms with Crippen molar-refractivity contribution in [2.24, 2.45) is 11.7 Å². The average molecular weight is 259 g/mol. The summed E-state index contributed by atoms with van der Waals surface area (Å²) in [5.74, 6) is 2.32. The van der Waals surface area contributed by atoms with Crippen molar-refractivity contribution >= 4 is 0 Å². The van der Waals surface area contributed by atoms with E-state index in [0.717, 1.165) is 11.3 Å². The topological polar surface area (TPSA) is 74.2 Å². The van der Waals surface area contributed by atoms with Crippen LogP contribution in [0.4, 0.5) is 0 Å². The fourth-order valence-electron chi connectivity index (χ4n) is 2.19. The minimum Gasteiger partial charge on any atom is -0.492 e. The van der Waals surface area contributed by atoms with Crippen molar-refractivity contribution in [2.75, 3.05) is 6.61 Å². The Bertz CT molecular complexity index is 580. The second kappa shape index (κ2) is 4.66. The number of nitrogens with two attached hydrogens (primary N) is 1. The van der Waals surface area contributed by atoms with Crippen LogP contribution in [0.2, 0.25) is 0 Å². The van der Waals surface area contributed by atoms with Crippen molar-refractivity contribution in [1.82, 2.24) is 10.1 Å². The molecule has 2 heterocycles. The molecular formula is C14H17N3O2. The van der Waals surface area contributed by atoms with Gasteiger partial charge in [-0.2, -0.15) is 4.98 Å². The van der Waals surface area contributed by atoms with Crippen LogP contribution < -0.4 is 10.5 Å². The minimum atomic E-state index is -0.199. The minimum absolute atomic E-state index is 0.0109. The number of rotatable bonds is 3. The number of aromatic nitrogens is 2. The molecule has 0 amide bonds. The van der Waals surface area contributed by atoms with Crippen LogP contribution in [-0.4, -0.2) is 16.7 Å². The normalized spacial score (nSPS) is 19.3. The summed E-state index contributed by atoms with van der Waals surface area (Å²) in [4.78, 5) is 4.43. The van der Waals surface area contributed by atoms with Crippen LogP contribution in [0.25, 0.3) is 0 Å². The second-order valence-electron chi connectivity index (χ2n) is 5.16. The Morgan fingerprint density at radius 3 is 2.89 bits per heavy atom. The van der Waals surface area contributed by atoms with Crippen molar-refractivity contribution in [3.8, 4) is 5.75 Å². The van der Waals surface area contributed by atoms with E-state index in [4.69, 9.17) is 15.0 Å². The van der Waals surface area contributed by atoms with Crippen LogP contribution in [0.15, 0.2) is 28.8 Å². The molecule has 0 saturated carbocycles. The summed E-state index contributed by atoms with van der Waals surface area (Å²) in [6, 6.07) is 7.72. The summed E-state index contributed by atoms with van der Waals surface area (Å²) in [5.41, 5.74) is 7.12. The van der Waals surface area contributed by atoms with Crippen molar-refractivity contribution in [2.45, 2.75) is 25.8 Å². The predicted molar refractivity (Wildman–Crippen MR) is 69.8 cm³/mol. The molecule has 1 aromatic carbocycles. The Balaban J connectivity index is 1.89. The van der Waals surface area contributed by atoms with Gasteiger partial charge in [0.1, 0.15) is 18.3 Å². The standard InChI is InChI=1S/C14H17N3O2/c1-8(2)12(15)13-16-14(19-17-13)10-7-18-11-6-4-3-5-9(10)11/h3-6,8,10,12H,7,15H2,1-2H3. The van der Waals surface area contributed by atoms with E-state index in [1.54, 1.807) is 0 Å².